The molecule has 2 N–H and O–H groups in total. The third-order valence-corrected chi connectivity index (χ3v) is 3.68. The van der Waals surface area contributed by atoms with Crippen LogP contribution in [0.5, 0.6) is 5.75 Å². The number of ether oxygens (including phenoxy) is 1. The zero-order chi connectivity index (χ0) is 12.8. The number of hydrogen-bond acceptors (Lipinski definition) is 4. The first-order valence-corrected chi connectivity index (χ1v) is 5.48. The summed E-state index contributed by atoms with van der Waals surface area (Å²) in [4.78, 5) is 10.7. The van der Waals surface area contributed by atoms with Crippen LogP contribution < -0.4 is 10.5 Å². The molecule has 1 aromatic carbocycles. The summed E-state index contributed by atoms with van der Waals surface area (Å²) in [6.07, 6.45) is 0. The Morgan fingerprint density at radius 1 is 1.47 bits per heavy atom. The van der Waals surface area contributed by atoms with E-state index in [4.69, 9.17) is 10.5 Å². The van der Waals surface area contributed by atoms with Gasteiger partial charge in [0.15, 0.2) is 5.75 Å². The first kappa shape index (κ1) is 11.9. The highest BCUT2D eigenvalue weighted by Gasteiger charge is 2.58. The van der Waals surface area contributed by atoms with Crippen molar-refractivity contribution in [2.75, 3.05) is 7.11 Å². The highest BCUT2D eigenvalue weighted by Crippen LogP contribution is 2.59. The van der Waals surface area contributed by atoms with Gasteiger partial charge in [0.05, 0.1) is 12.0 Å². The van der Waals surface area contributed by atoms with Crippen molar-refractivity contribution in [3.05, 3.63) is 33.9 Å². The first-order valence-electron chi connectivity index (χ1n) is 5.48. The number of rotatable bonds is 3. The summed E-state index contributed by atoms with van der Waals surface area (Å²) >= 11 is 0. The number of hydrogen-bond donors (Lipinski definition) is 1. The van der Waals surface area contributed by atoms with Gasteiger partial charge >= 0.3 is 5.69 Å². The SMILES string of the molecule is COc1cccc(C2C(N)C2(C)C)c1[N+](=O)[O-]. The van der Waals surface area contributed by atoms with E-state index >= 15 is 0 Å². The van der Waals surface area contributed by atoms with E-state index in [1.54, 1.807) is 18.2 Å². The van der Waals surface area contributed by atoms with Gasteiger partial charge in [-0.15, -0.1) is 0 Å². The first-order chi connectivity index (χ1) is 7.91. The maximum Gasteiger partial charge on any atom is 0.314 e. The van der Waals surface area contributed by atoms with Gasteiger partial charge in [-0.05, 0) is 11.5 Å². The normalized spacial score (nSPS) is 25.4. The molecule has 2 unspecified atom stereocenters. The number of nitrogens with zero attached hydrogens (tertiary/aromatic N) is 1. The van der Waals surface area contributed by atoms with E-state index in [2.05, 4.69) is 0 Å². The van der Waals surface area contributed by atoms with Gasteiger partial charge in [0.1, 0.15) is 0 Å². The van der Waals surface area contributed by atoms with E-state index < -0.39 is 4.92 Å². The van der Waals surface area contributed by atoms with Crippen molar-refractivity contribution in [1.29, 1.82) is 0 Å². The molecule has 0 spiro atoms. The Labute approximate surface area is 99.7 Å². The van der Waals surface area contributed by atoms with Gasteiger partial charge in [-0.3, -0.25) is 10.1 Å². The Morgan fingerprint density at radius 3 is 2.47 bits per heavy atom. The minimum Gasteiger partial charge on any atom is -0.490 e. The largest absolute Gasteiger partial charge is 0.490 e. The van der Waals surface area contributed by atoms with Crippen molar-refractivity contribution in [3.8, 4) is 5.75 Å². The number of nitrogens with two attached hydrogens (primary N) is 1. The molecular formula is C12H16N2O3. The number of nitro groups is 1. The predicted molar refractivity (Wildman–Crippen MR) is 64.1 cm³/mol. The smallest absolute Gasteiger partial charge is 0.314 e. The van der Waals surface area contributed by atoms with Crippen molar-refractivity contribution < 1.29 is 9.66 Å². The zero-order valence-electron chi connectivity index (χ0n) is 10.1. The van der Waals surface area contributed by atoms with Crippen LogP contribution in [0.15, 0.2) is 18.2 Å². The van der Waals surface area contributed by atoms with Gasteiger partial charge < -0.3 is 10.5 Å². The van der Waals surface area contributed by atoms with Gasteiger partial charge in [0, 0.05) is 17.5 Å². The minimum atomic E-state index is -0.394. The lowest BCUT2D eigenvalue weighted by Gasteiger charge is -2.07. The molecule has 2 atom stereocenters. The molecule has 0 saturated heterocycles. The fraction of sp³-hybridized carbons (Fsp3) is 0.500. The highest BCUT2D eigenvalue weighted by atomic mass is 16.6. The van der Waals surface area contributed by atoms with Crippen LogP contribution in [0, 0.1) is 15.5 Å². The molecule has 0 amide bonds. The molecule has 1 aromatic rings. The standard InChI is InChI=1S/C12H16N2O3/c1-12(2)9(11(12)13)7-5-4-6-8(17-3)10(7)14(15)16/h4-6,9,11H,13H2,1-3H3. The van der Waals surface area contributed by atoms with Crippen LogP contribution in [0.4, 0.5) is 5.69 Å². The molecule has 1 aliphatic carbocycles. The van der Waals surface area contributed by atoms with E-state index in [1.807, 2.05) is 13.8 Å². The van der Waals surface area contributed by atoms with Crippen molar-refractivity contribution in [1.82, 2.24) is 0 Å². The van der Waals surface area contributed by atoms with E-state index in [0.29, 0.717) is 11.3 Å². The molecule has 1 saturated carbocycles. The Kier molecular flexibility index (Phi) is 2.58. The average molecular weight is 236 g/mol. The molecule has 2 rings (SSSR count). The molecule has 92 valence electrons. The molecule has 0 radical (unpaired) electrons. The lowest BCUT2D eigenvalue weighted by molar-refractivity contribution is -0.386. The highest BCUT2D eigenvalue weighted by molar-refractivity contribution is 5.57. The van der Waals surface area contributed by atoms with Crippen LogP contribution in [-0.2, 0) is 0 Å². The van der Waals surface area contributed by atoms with Gasteiger partial charge in [0.2, 0.25) is 0 Å². The maximum absolute atomic E-state index is 11.1. The van der Waals surface area contributed by atoms with Gasteiger partial charge in [0.25, 0.3) is 0 Å². The quantitative estimate of drug-likeness (QED) is 0.643. The van der Waals surface area contributed by atoms with Gasteiger partial charge in [-0.25, -0.2) is 0 Å². The second-order valence-corrected chi connectivity index (χ2v) is 4.98. The topological polar surface area (TPSA) is 78.4 Å². The molecule has 0 bridgehead atoms. The molecule has 0 heterocycles. The number of benzene rings is 1. The van der Waals surface area contributed by atoms with Crippen LogP contribution in [0.2, 0.25) is 0 Å². The van der Waals surface area contributed by atoms with E-state index in [1.165, 1.54) is 7.11 Å². The summed E-state index contributed by atoms with van der Waals surface area (Å²) in [5.74, 6) is 0.320. The number of methoxy groups -OCH3 is 1. The average Bonchev–Trinajstić information content (AvgIpc) is 2.76. The van der Waals surface area contributed by atoms with Gasteiger partial charge in [-0.1, -0.05) is 26.0 Å². The fourth-order valence-electron chi connectivity index (χ4n) is 2.42. The minimum absolute atomic E-state index is 0.0259. The summed E-state index contributed by atoms with van der Waals surface area (Å²) in [5.41, 5.74) is 6.60. The van der Waals surface area contributed by atoms with E-state index in [-0.39, 0.29) is 23.1 Å². The monoisotopic (exact) mass is 236 g/mol. The van der Waals surface area contributed by atoms with E-state index in [0.717, 1.165) is 0 Å². The molecule has 5 heteroatoms. The molecule has 1 fully saturated rings. The lowest BCUT2D eigenvalue weighted by atomic mass is 10.0. The third kappa shape index (κ3) is 1.67. The predicted octanol–water partition coefficient (Wildman–Crippen LogP) is 2.05. The lowest BCUT2D eigenvalue weighted by Crippen LogP contribution is -2.06. The Bertz CT molecular complexity index is 471. The summed E-state index contributed by atoms with van der Waals surface area (Å²) in [6, 6.07) is 5.10. The second kappa shape index (κ2) is 3.70. The Hall–Kier alpha value is -1.62. The molecule has 17 heavy (non-hydrogen) atoms. The molecule has 0 aliphatic heterocycles. The van der Waals surface area contributed by atoms with Crippen molar-refractivity contribution in [2.24, 2.45) is 11.1 Å². The molecule has 0 aromatic heterocycles. The Morgan fingerprint density at radius 2 is 2.06 bits per heavy atom. The summed E-state index contributed by atoms with van der Waals surface area (Å²) in [7, 11) is 1.43. The van der Waals surface area contributed by atoms with Crippen molar-refractivity contribution >= 4 is 5.69 Å². The van der Waals surface area contributed by atoms with Crippen LogP contribution in [-0.4, -0.2) is 18.1 Å². The number of nitro benzene ring substituents is 1. The fourth-order valence-corrected chi connectivity index (χ4v) is 2.42. The van der Waals surface area contributed by atoms with Crippen LogP contribution in [0.25, 0.3) is 0 Å². The third-order valence-electron chi connectivity index (χ3n) is 3.68. The molecule has 1 aliphatic rings. The van der Waals surface area contributed by atoms with Crippen molar-refractivity contribution in [2.45, 2.75) is 25.8 Å². The number of para-hydroxylation sites is 1. The van der Waals surface area contributed by atoms with Gasteiger partial charge in [-0.2, -0.15) is 0 Å². The van der Waals surface area contributed by atoms with Crippen LogP contribution in [0.1, 0.15) is 25.3 Å². The maximum atomic E-state index is 11.1. The van der Waals surface area contributed by atoms with Crippen molar-refractivity contribution in [3.63, 3.8) is 0 Å². The zero-order valence-corrected chi connectivity index (χ0v) is 10.1. The summed E-state index contributed by atoms with van der Waals surface area (Å²) < 4.78 is 5.05. The Balaban J connectivity index is 2.52. The summed E-state index contributed by atoms with van der Waals surface area (Å²) in [6.45, 7) is 4.04. The van der Waals surface area contributed by atoms with E-state index in [9.17, 15) is 10.1 Å². The van der Waals surface area contributed by atoms with Crippen LogP contribution in [0.3, 0.4) is 0 Å². The second-order valence-electron chi connectivity index (χ2n) is 4.98. The summed E-state index contributed by atoms with van der Waals surface area (Å²) in [5, 5.41) is 11.1. The van der Waals surface area contributed by atoms with Crippen LogP contribution >= 0.6 is 0 Å². The molecule has 5 nitrogen and oxygen atoms in total. The molecular weight excluding hydrogens is 220 g/mol.